The highest BCUT2D eigenvalue weighted by Gasteiger charge is 2.21. The predicted molar refractivity (Wildman–Crippen MR) is 143 cm³/mol. The van der Waals surface area contributed by atoms with Crippen molar-refractivity contribution in [3.63, 3.8) is 0 Å². The van der Waals surface area contributed by atoms with Gasteiger partial charge in [0.25, 0.3) is 0 Å². The highest BCUT2D eigenvalue weighted by atomic mass is 16.6. The summed E-state index contributed by atoms with van der Waals surface area (Å²) in [6.45, 7) is 5.77. The third-order valence-corrected chi connectivity index (χ3v) is 6.45. The largest absolute Gasteiger partial charge is 0.493 e. The molecule has 1 aromatic heterocycles. The Hall–Kier alpha value is -4.21. The number of ether oxygens (including phenoxy) is 2. The van der Waals surface area contributed by atoms with Gasteiger partial charge >= 0.3 is 5.97 Å². The fraction of sp³-hybridized carbons (Fsp3) is 0.370. The number of hydrogen-bond donors (Lipinski definition) is 1. The van der Waals surface area contributed by atoms with Crippen LogP contribution < -0.4 is 24.7 Å². The molecule has 37 heavy (non-hydrogen) atoms. The summed E-state index contributed by atoms with van der Waals surface area (Å²) in [5.74, 6) is 2.10. The van der Waals surface area contributed by atoms with E-state index < -0.39 is 5.97 Å². The molecule has 0 atom stereocenters. The van der Waals surface area contributed by atoms with Crippen molar-refractivity contribution >= 4 is 30.0 Å². The summed E-state index contributed by atoms with van der Waals surface area (Å²) >= 11 is 0. The van der Waals surface area contributed by atoms with E-state index in [1.807, 2.05) is 19.1 Å². The number of nitrogens with zero attached hydrogens (tertiary/aromatic N) is 6. The summed E-state index contributed by atoms with van der Waals surface area (Å²) in [7, 11) is 1.53. The molecule has 10 nitrogen and oxygen atoms in total. The molecule has 0 amide bonds. The Morgan fingerprint density at radius 1 is 0.892 bits per heavy atom. The van der Waals surface area contributed by atoms with E-state index >= 15 is 0 Å². The number of aryl methyl sites for hydroxylation is 1. The van der Waals surface area contributed by atoms with Gasteiger partial charge in [-0.25, -0.2) is 10.2 Å². The van der Waals surface area contributed by atoms with Crippen LogP contribution in [0.3, 0.4) is 0 Å². The Balaban J connectivity index is 1.29. The van der Waals surface area contributed by atoms with Crippen LogP contribution in [-0.4, -0.2) is 60.4 Å². The summed E-state index contributed by atoms with van der Waals surface area (Å²) in [5, 5.41) is 4.34. The summed E-state index contributed by atoms with van der Waals surface area (Å²) in [6, 6.07) is 12.5. The van der Waals surface area contributed by atoms with Crippen molar-refractivity contribution in [2.75, 3.05) is 48.5 Å². The van der Waals surface area contributed by atoms with Gasteiger partial charge in [-0.05, 0) is 68.5 Å². The van der Waals surface area contributed by atoms with Crippen LogP contribution in [0.5, 0.6) is 11.5 Å². The van der Waals surface area contributed by atoms with Gasteiger partial charge in [-0.1, -0.05) is 17.7 Å². The zero-order valence-corrected chi connectivity index (χ0v) is 21.2. The zero-order chi connectivity index (χ0) is 25.6. The zero-order valence-electron chi connectivity index (χ0n) is 21.2. The lowest BCUT2D eigenvalue weighted by atomic mass is 10.1. The number of benzene rings is 2. The van der Waals surface area contributed by atoms with Crippen molar-refractivity contribution in [3.8, 4) is 11.5 Å². The minimum atomic E-state index is -0.446. The lowest BCUT2D eigenvalue weighted by Crippen LogP contribution is -2.25. The SMILES string of the molecule is COc1cc(/C=N/Nc2nc(N3CCCC3)nc(N3CCCC3)n2)ccc1OC(=O)c1ccc(C)cc1. The number of hydrogen-bond acceptors (Lipinski definition) is 10. The van der Waals surface area contributed by atoms with E-state index in [0.717, 1.165) is 63.0 Å². The molecule has 0 unspecified atom stereocenters. The second-order valence-electron chi connectivity index (χ2n) is 9.18. The van der Waals surface area contributed by atoms with E-state index in [1.165, 1.54) is 7.11 Å². The maximum absolute atomic E-state index is 12.5. The summed E-state index contributed by atoms with van der Waals surface area (Å²) in [6.07, 6.45) is 6.21. The van der Waals surface area contributed by atoms with Crippen molar-refractivity contribution < 1.29 is 14.3 Å². The third kappa shape index (κ3) is 5.96. The molecule has 2 saturated heterocycles. The fourth-order valence-electron chi connectivity index (χ4n) is 4.38. The van der Waals surface area contributed by atoms with Gasteiger partial charge in [-0.15, -0.1) is 0 Å². The highest BCUT2D eigenvalue weighted by molar-refractivity contribution is 5.91. The molecule has 0 bridgehead atoms. The number of nitrogens with one attached hydrogen (secondary N) is 1. The number of carbonyl (C=O) groups excluding carboxylic acids is 1. The molecule has 10 heteroatoms. The lowest BCUT2D eigenvalue weighted by Gasteiger charge is -2.20. The molecule has 2 fully saturated rings. The number of methoxy groups -OCH3 is 1. The summed E-state index contributed by atoms with van der Waals surface area (Å²) in [4.78, 5) is 30.8. The molecule has 0 radical (unpaired) electrons. The first-order valence-corrected chi connectivity index (χ1v) is 12.6. The number of rotatable bonds is 8. The third-order valence-electron chi connectivity index (χ3n) is 6.45. The van der Waals surface area contributed by atoms with E-state index in [4.69, 9.17) is 14.5 Å². The molecular weight excluding hydrogens is 470 g/mol. The van der Waals surface area contributed by atoms with E-state index in [0.29, 0.717) is 34.9 Å². The molecule has 3 aromatic rings. The van der Waals surface area contributed by atoms with Crippen molar-refractivity contribution in [1.82, 2.24) is 15.0 Å². The van der Waals surface area contributed by atoms with E-state index in [9.17, 15) is 4.79 Å². The Morgan fingerprint density at radius 2 is 1.51 bits per heavy atom. The quantitative estimate of drug-likeness (QED) is 0.212. The van der Waals surface area contributed by atoms with Gasteiger partial charge in [0.1, 0.15) is 0 Å². The van der Waals surface area contributed by atoms with E-state index in [-0.39, 0.29) is 0 Å². The van der Waals surface area contributed by atoms with Gasteiger partial charge in [0, 0.05) is 26.2 Å². The number of esters is 1. The first-order valence-electron chi connectivity index (χ1n) is 12.6. The lowest BCUT2D eigenvalue weighted by molar-refractivity contribution is 0.0729. The van der Waals surface area contributed by atoms with E-state index in [1.54, 1.807) is 36.5 Å². The Bertz CT molecular complexity index is 1230. The minimum absolute atomic E-state index is 0.334. The molecule has 0 saturated carbocycles. The van der Waals surface area contributed by atoms with Gasteiger partial charge in [0.05, 0.1) is 18.9 Å². The molecular formula is C27H31N7O3. The Morgan fingerprint density at radius 3 is 2.11 bits per heavy atom. The maximum atomic E-state index is 12.5. The van der Waals surface area contributed by atoms with Crippen LogP contribution in [0.25, 0.3) is 0 Å². The first-order chi connectivity index (χ1) is 18.1. The van der Waals surface area contributed by atoms with Crippen LogP contribution in [0.4, 0.5) is 17.8 Å². The topological polar surface area (TPSA) is 105 Å². The molecule has 2 aliphatic heterocycles. The smallest absolute Gasteiger partial charge is 0.343 e. The number of hydrazone groups is 1. The van der Waals surface area contributed by atoms with Gasteiger partial charge in [-0.2, -0.15) is 20.1 Å². The average molecular weight is 502 g/mol. The van der Waals surface area contributed by atoms with Crippen molar-refractivity contribution in [2.45, 2.75) is 32.6 Å². The van der Waals surface area contributed by atoms with Gasteiger partial charge in [0.2, 0.25) is 17.8 Å². The van der Waals surface area contributed by atoms with Gasteiger partial charge in [-0.3, -0.25) is 0 Å². The fourth-order valence-corrected chi connectivity index (χ4v) is 4.38. The van der Waals surface area contributed by atoms with Crippen LogP contribution >= 0.6 is 0 Å². The standard InChI is InChI=1S/C27H31N7O3/c1-19-7-10-21(11-8-19)24(35)37-22-12-9-20(17-23(22)36-2)18-28-32-25-29-26(33-13-3-4-14-33)31-27(30-25)34-15-5-6-16-34/h7-12,17-18H,3-6,13-16H2,1-2H3,(H,29,30,31,32)/b28-18+. The second-order valence-corrected chi connectivity index (χ2v) is 9.18. The number of anilines is 3. The van der Waals surface area contributed by atoms with Crippen molar-refractivity contribution in [1.29, 1.82) is 0 Å². The van der Waals surface area contributed by atoms with Gasteiger partial charge < -0.3 is 19.3 Å². The maximum Gasteiger partial charge on any atom is 0.343 e. The summed E-state index contributed by atoms with van der Waals surface area (Å²) in [5.41, 5.74) is 5.26. The Kier molecular flexibility index (Phi) is 7.43. The molecule has 1 N–H and O–H groups in total. The van der Waals surface area contributed by atoms with Crippen molar-refractivity contribution in [3.05, 3.63) is 59.2 Å². The van der Waals surface area contributed by atoms with Crippen LogP contribution in [-0.2, 0) is 0 Å². The van der Waals surface area contributed by atoms with Crippen LogP contribution in [0.2, 0.25) is 0 Å². The van der Waals surface area contributed by atoms with Crippen LogP contribution in [0.1, 0.15) is 47.2 Å². The average Bonchev–Trinajstić information content (AvgIpc) is 3.65. The van der Waals surface area contributed by atoms with Crippen LogP contribution in [0.15, 0.2) is 47.6 Å². The molecule has 2 aromatic carbocycles. The number of aromatic nitrogens is 3. The first kappa shape index (κ1) is 24.5. The Labute approximate surface area is 216 Å². The summed E-state index contributed by atoms with van der Waals surface area (Å²) < 4.78 is 11.0. The van der Waals surface area contributed by atoms with Crippen LogP contribution in [0, 0.1) is 6.92 Å². The molecule has 3 heterocycles. The normalized spacial score (nSPS) is 15.4. The van der Waals surface area contributed by atoms with E-state index in [2.05, 4.69) is 30.3 Å². The monoisotopic (exact) mass is 501 g/mol. The predicted octanol–water partition coefficient (Wildman–Crippen LogP) is 4.05. The second kappa shape index (κ2) is 11.2. The molecule has 0 aliphatic carbocycles. The highest BCUT2D eigenvalue weighted by Crippen LogP contribution is 2.28. The van der Waals surface area contributed by atoms with Gasteiger partial charge in [0.15, 0.2) is 11.5 Å². The van der Waals surface area contributed by atoms with Crippen molar-refractivity contribution in [2.24, 2.45) is 5.10 Å². The molecule has 5 rings (SSSR count). The molecule has 0 spiro atoms. The molecule has 192 valence electrons. The number of carbonyl (C=O) groups is 1. The minimum Gasteiger partial charge on any atom is -0.493 e. The molecule has 2 aliphatic rings.